The largest absolute Gasteiger partial charge is 0.179 e. The van der Waals surface area contributed by atoms with Gasteiger partial charge < -0.3 is 0 Å². The number of thiol groups is 5. The summed E-state index contributed by atoms with van der Waals surface area (Å²) in [6.45, 7) is 0. The molecule has 0 saturated heterocycles. The van der Waals surface area contributed by atoms with Crippen molar-refractivity contribution in [2.24, 2.45) is 0 Å². The maximum absolute atomic E-state index is 4.54. The van der Waals surface area contributed by atoms with Crippen molar-refractivity contribution in [3.05, 3.63) is 0 Å². The van der Waals surface area contributed by atoms with E-state index in [1.54, 1.807) is 0 Å². The number of hydrogen-bond acceptors (Lipinski definition) is 10. The van der Waals surface area contributed by atoms with Crippen LogP contribution in [0.5, 0.6) is 0 Å². The van der Waals surface area contributed by atoms with Crippen LogP contribution in [0.25, 0.3) is 0 Å². The molecule has 0 fully saturated rings. The van der Waals surface area contributed by atoms with Crippen molar-refractivity contribution in [1.82, 2.24) is 0 Å². The topological polar surface area (TPSA) is 0 Å². The lowest BCUT2D eigenvalue weighted by Gasteiger charge is -2.17. The molecule has 0 amide bonds. The molecule has 0 aromatic rings. The summed E-state index contributed by atoms with van der Waals surface area (Å²) in [5.74, 6) is 13.1. The Morgan fingerprint density at radius 1 is 0.480 bits per heavy atom. The molecule has 0 heterocycles. The van der Waals surface area contributed by atoms with Crippen molar-refractivity contribution in [2.45, 2.75) is 15.7 Å². The molecular formula is C15H32S10. The highest BCUT2D eigenvalue weighted by Gasteiger charge is 2.12. The van der Waals surface area contributed by atoms with Gasteiger partial charge in [-0.25, -0.2) is 0 Å². The fourth-order valence-electron chi connectivity index (χ4n) is 1.72. The van der Waals surface area contributed by atoms with Crippen molar-refractivity contribution in [2.75, 3.05) is 69.0 Å². The van der Waals surface area contributed by atoms with E-state index in [1.165, 1.54) is 28.8 Å². The van der Waals surface area contributed by atoms with E-state index in [1.807, 2.05) is 23.5 Å². The molecule has 0 nitrogen and oxygen atoms in total. The van der Waals surface area contributed by atoms with E-state index >= 15 is 0 Å². The summed E-state index contributed by atoms with van der Waals surface area (Å²) < 4.78 is 0. The minimum Gasteiger partial charge on any atom is -0.179 e. The molecule has 0 spiro atoms. The van der Waals surface area contributed by atoms with Crippen molar-refractivity contribution in [1.29, 1.82) is 0 Å². The maximum Gasteiger partial charge on any atom is 0.0226 e. The lowest BCUT2D eigenvalue weighted by Crippen LogP contribution is -2.15. The summed E-state index contributed by atoms with van der Waals surface area (Å²) in [5.41, 5.74) is 0. The Morgan fingerprint density at radius 3 is 1.28 bits per heavy atom. The van der Waals surface area contributed by atoms with Gasteiger partial charge in [-0.05, 0) is 11.5 Å². The van der Waals surface area contributed by atoms with Crippen molar-refractivity contribution in [3.63, 3.8) is 0 Å². The predicted octanol–water partition coefficient (Wildman–Crippen LogP) is 5.41. The fraction of sp³-hybridized carbons (Fsp3) is 1.00. The first kappa shape index (κ1) is 28.5. The van der Waals surface area contributed by atoms with Gasteiger partial charge in [-0.15, -0.1) is 0 Å². The molecule has 0 aliphatic rings. The normalized spacial score (nSPS) is 15.2. The van der Waals surface area contributed by atoms with Crippen LogP contribution >= 0.6 is 122 Å². The molecule has 0 aliphatic heterocycles. The SMILES string of the molecule is SCCSC(CS)CSCCSC(CS)CSCC(CS)SCCS. The van der Waals surface area contributed by atoms with Gasteiger partial charge in [-0.3, -0.25) is 0 Å². The van der Waals surface area contributed by atoms with Crippen LogP contribution in [0.1, 0.15) is 0 Å². The van der Waals surface area contributed by atoms with Gasteiger partial charge in [0.25, 0.3) is 0 Å². The van der Waals surface area contributed by atoms with Crippen LogP contribution in [0.2, 0.25) is 0 Å². The van der Waals surface area contributed by atoms with E-state index in [0.29, 0.717) is 15.7 Å². The zero-order chi connectivity index (χ0) is 18.8. The van der Waals surface area contributed by atoms with E-state index in [9.17, 15) is 0 Å². The van der Waals surface area contributed by atoms with E-state index in [4.69, 9.17) is 0 Å². The Morgan fingerprint density at radius 2 is 0.880 bits per heavy atom. The summed E-state index contributed by atoms with van der Waals surface area (Å²) in [5, 5.41) is 1.97. The highest BCUT2D eigenvalue weighted by Crippen LogP contribution is 2.24. The molecular weight excluding hydrogens is 501 g/mol. The quantitative estimate of drug-likeness (QED) is 0.111. The summed E-state index contributed by atoms with van der Waals surface area (Å²) >= 11 is 32.2. The Balaban J connectivity index is 3.73. The summed E-state index contributed by atoms with van der Waals surface area (Å²) in [7, 11) is 0. The van der Waals surface area contributed by atoms with Gasteiger partial charge in [-0.2, -0.15) is 122 Å². The van der Waals surface area contributed by atoms with Crippen LogP contribution in [0.3, 0.4) is 0 Å². The number of rotatable bonds is 19. The van der Waals surface area contributed by atoms with E-state index in [0.717, 1.165) is 40.3 Å². The summed E-state index contributed by atoms with van der Waals surface area (Å²) in [4.78, 5) is 0. The van der Waals surface area contributed by atoms with Crippen molar-refractivity contribution < 1.29 is 0 Å². The first-order chi connectivity index (χ1) is 12.2. The van der Waals surface area contributed by atoms with Gasteiger partial charge in [0.2, 0.25) is 0 Å². The van der Waals surface area contributed by atoms with Crippen LogP contribution in [-0.4, -0.2) is 84.8 Å². The van der Waals surface area contributed by atoms with Crippen LogP contribution < -0.4 is 0 Å². The summed E-state index contributed by atoms with van der Waals surface area (Å²) in [6, 6.07) is 0. The smallest absolute Gasteiger partial charge is 0.0226 e. The second-order valence-electron chi connectivity index (χ2n) is 5.09. The van der Waals surface area contributed by atoms with Gasteiger partial charge in [0.1, 0.15) is 0 Å². The highest BCUT2D eigenvalue weighted by atomic mass is 32.2. The van der Waals surface area contributed by atoms with Gasteiger partial charge in [0.05, 0.1) is 0 Å². The minimum absolute atomic E-state index is 0.648. The second-order valence-corrected chi connectivity index (χ2v) is 13.5. The van der Waals surface area contributed by atoms with Crippen molar-refractivity contribution >= 4 is 122 Å². The van der Waals surface area contributed by atoms with Gasteiger partial charge in [-0.1, -0.05) is 0 Å². The maximum atomic E-state index is 4.54. The molecule has 0 bridgehead atoms. The molecule has 152 valence electrons. The molecule has 3 unspecified atom stereocenters. The number of hydrogen-bond donors (Lipinski definition) is 5. The number of thioether (sulfide) groups is 5. The Hall–Kier alpha value is 3.50. The Bertz CT molecular complexity index is 269. The van der Waals surface area contributed by atoms with E-state index in [2.05, 4.69) is 98.4 Å². The van der Waals surface area contributed by atoms with Gasteiger partial charge in [0.15, 0.2) is 0 Å². The van der Waals surface area contributed by atoms with E-state index < -0.39 is 0 Å². The lowest BCUT2D eigenvalue weighted by atomic mass is 10.5. The highest BCUT2D eigenvalue weighted by molar-refractivity contribution is 8.07. The molecule has 3 atom stereocenters. The molecule has 0 aromatic heterocycles. The molecule has 0 aliphatic carbocycles. The molecule has 10 heteroatoms. The molecule has 0 aromatic carbocycles. The molecule has 25 heavy (non-hydrogen) atoms. The Kier molecular flexibility index (Phi) is 25.3. The minimum atomic E-state index is 0.648. The lowest BCUT2D eigenvalue weighted by molar-refractivity contribution is 1.12. The van der Waals surface area contributed by atoms with Crippen LogP contribution in [0.4, 0.5) is 0 Å². The standard InChI is InChI=1S/C15H32S10/c16-1-3-23-13(7-18)10-21-5-6-25-15(9-20)12-22-11-14(8-19)24-4-2-17/h13-20H,1-12H2. The Labute approximate surface area is 204 Å². The monoisotopic (exact) mass is 532 g/mol. The summed E-state index contributed by atoms with van der Waals surface area (Å²) in [6.07, 6.45) is 0. The zero-order valence-corrected chi connectivity index (χ0v) is 23.0. The van der Waals surface area contributed by atoms with Crippen LogP contribution in [0, 0.1) is 0 Å². The van der Waals surface area contributed by atoms with Crippen molar-refractivity contribution in [3.8, 4) is 0 Å². The predicted molar refractivity (Wildman–Crippen MR) is 153 cm³/mol. The van der Waals surface area contributed by atoms with Crippen LogP contribution in [-0.2, 0) is 0 Å². The zero-order valence-electron chi connectivity index (χ0n) is 14.5. The van der Waals surface area contributed by atoms with E-state index in [-0.39, 0.29) is 0 Å². The first-order valence-corrected chi connectivity index (χ1v) is 16.9. The molecule has 0 radical (unpaired) electrons. The third-order valence-corrected chi connectivity index (χ3v) is 13.1. The molecule has 0 rings (SSSR count). The van der Waals surface area contributed by atoms with Gasteiger partial charge in [0, 0.05) is 73.3 Å². The second kappa shape index (κ2) is 22.2. The van der Waals surface area contributed by atoms with Crippen LogP contribution in [0.15, 0.2) is 0 Å². The third-order valence-electron chi connectivity index (χ3n) is 2.99. The third kappa shape index (κ3) is 18.0. The molecule has 0 saturated carbocycles. The first-order valence-electron chi connectivity index (χ1n) is 8.26. The van der Waals surface area contributed by atoms with Gasteiger partial charge >= 0.3 is 0 Å². The average molecular weight is 533 g/mol. The fourth-order valence-corrected chi connectivity index (χ4v) is 10.1. The molecule has 0 N–H and O–H groups in total. The average Bonchev–Trinajstić information content (AvgIpc) is 2.64.